The Bertz CT molecular complexity index is 1920. The molecule has 5 rings (SSSR count). The highest BCUT2D eigenvalue weighted by molar-refractivity contribution is 14.1. The van der Waals surface area contributed by atoms with E-state index in [1.54, 1.807) is 36.8 Å². The van der Waals surface area contributed by atoms with E-state index in [-0.39, 0.29) is 35.3 Å². The Morgan fingerprint density at radius 3 is 2.02 bits per heavy atom. The van der Waals surface area contributed by atoms with Crippen LogP contribution in [0.4, 0.5) is 4.39 Å². The summed E-state index contributed by atoms with van der Waals surface area (Å²) in [6, 6.07) is 26.6. The molecule has 1 fully saturated rings. The zero-order chi connectivity index (χ0) is 39.0. The van der Waals surface area contributed by atoms with Crippen LogP contribution in [-0.2, 0) is 24.1 Å². The van der Waals surface area contributed by atoms with Crippen molar-refractivity contribution in [2.75, 3.05) is 27.4 Å². The molecule has 54 heavy (non-hydrogen) atoms. The maximum atomic E-state index is 17.1. The molecule has 15 heteroatoms. The van der Waals surface area contributed by atoms with Crippen LogP contribution in [0.5, 0.6) is 11.5 Å². The molecule has 0 spiro atoms. The van der Waals surface area contributed by atoms with Crippen molar-refractivity contribution in [2.24, 2.45) is 0 Å². The first-order chi connectivity index (χ1) is 25.9. The van der Waals surface area contributed by atoms with Crippen molar-refractivity contribution in [1.82, 2.24) is 14.2 Å². The molecule has 1 unspecified atom stereocenters. The number of nitrogens with zero attached hydrogens (tertiary/aromatic N) is 3. The van der Waals surface area contributed by atoms with Gasteiger partial charge in [-0.05, 0) is 91.2 Å². The van der Waals surface area contributed by atoms with E-state index in [1.165, 1.54) is 6.20 Å². The van der Waals surface area contributed by atoms with E-state index in [0.717, 1.165) is 21.3 Å². The number of rotatable bonds is 17. The summed E-state index contributed by atoms with van der Waals surface area (Å²) in [5.74, 6) is 1.30. The van der Waals surface area contributed by atoms with Crippen molar-refractivity contribution in [1.29, 1.82) is 5.26 Å². The second-order valence-corrected chi connectivity index (χ2v) is 15.7. The fraction of sp³-hybridized carbons (Fsp3) is 0.410. The highest BCUT2D eigenvalue weighted by Crippen LogP contribution is 2.51. The highest BCUT2D eigenvalue weighted by atomic mass is 127. The number of nitrogens with one attached hydrogen (secondary N) is 1. The number of aromatic nitrogens is 2. The van der Waals surface area contributed by atoms with Gasteiger partial charge in [-0.15, -0.1) is 0 Å². The second-order valence-electron chi connectivity index (χ2n) is 13.1. The van der Waals surface area contributed by atoms with Gasteiger partial charge in [-0.2, -0.15) is 5.26 Å². The summed E-state index contributed by atoms with van der Waals surface area (Å²) < 4.78 is 57.5. The number of methoxy groups -OCH3 is 2. The lowest BCUT2D eigenvalue weighted by Crippen LogP contribution is -2.41. The Morgan fingerprint density at radius 2 is 1.50 bits per heavy atom. The molecular formula is C39H45FIN4O8P. The van der Waals surface area contributed by atoms with Gasteiger partial charge in [-0.25, -0.2) is 13.9 Å². The van der Waals surface area contributed by atoms with Crippen LogP contribution in [0.1, 0.15) is 57.0 Å². The average Bonchev–Trinajstić information content (AvgIpc) is 3.47. The molecule has 4 aromatic rings. The molecule has 0 radical (unpaired) electrons. The van der Waals surface area contributed by atoms with Crippen molar-refractivity contribution in [3.05, 3.63) is 126 Å². The van der Waals surface area contributed by atoms with Crippen LogP contribution in [0.2, 0.25) is 0 Å². The number of halogens is 2. The van der Waals surface area contributed by atoms with Crippen LogP contribution in [0.15, 0.2) is 94.6 Å². The van der Waals surface area contributed by atoms with Gasteiger partial charge in [0.25, 0.3) is 14.1 Å². The topological polar surface area (TPSA) is 137 Å². The van der Waals surface area contributed by atoms with E-state index >= 15 is 4.39 Å². The first-order valence-corrected chi connectivity index (χ1v) is 19.7. The largest absolute Gasteiger partial charge is 0.497 e. The third-order valence-electron chi connectivity index (χ3n) is 8.98. The molecule has 1 aliphatic heterocycles. The molecule has 1 saturated heterocycles. The van der Waals surface area contributed by atoms with Gasteiger partial charge < -0.3 is 28.0 Å². The maximum absolute atomic E-state index is 17.1. The quantitative estimate of drug-likeness (QED) is 0.0508. The van der Waals surface area contributed by atoms with Crippen LogP contribution < -0.4 is 20.7 Å². The SMILES string of the molecule is COc1ccc(C(OC[C@H]2O[C@@H](n3cc(I)c(=O)[nH]c3=O)[C@H](F)[C@@H]2OP(OCCC#N)N(C(C)C)C(C)C)(c2ccccc2)c2ccc(OC)cc2)cc1. The molecule has 12 nitrogen and oxygen atoms in total. The lowest BCUT2D eigenvalue weighted by Gasteiger charge is -2.39. The molecule has 1 N–H and O–H groups in total. The minimum Gasteiger partial charge on any atom is -0.497 e. The first-order valence-electron chi connectivity index (χ1n) is 17.5. The fourth-order valence-corrected chi connectivity index (χ4v) is 8.71. The normalized spacial score (nSPS) is 19.3. The number of benzene rings is 3. The number of hydrogen-bond donors (Lipinski definition) is 1. The zero-order valence-electron chi connectivity index (χ0n) is 31.0. The van der Waals surface area contributed by atoms with Crippen LogP contribution >= 0.6 is 31.1 Å². The number of ether oxygens (including phenoxy) is 4. The maximum Gasteiger partial charge on any atom is 0.330 e. The highest BCUT2D eigenvalue weighted by Gasteiger charge is 2.51. The number of aromatic amines is 1. The van der Waals surface area contributed by atoms with Gasteiger partial charge in [-0.3, -0.25) is 14.3 Å². The van der Waals surface area contributed by atoms with Gasteiger partial charge in [0.05, 0.1) is 43.5 Å². The molecule has 1 aromatic heterocycles. The van der Waals surface area contributed by atoms with Crippen molar-refractivity contribution in [3.8, 4) is 17.6 Å². The summed E-state index contributed by atoms with van der Waals surface area (Å²) in [7, 11) is 1.25. The van der Waals surface area contributed by atoms with Crippen molar-refractivity contribution >= 4 is 31.1 Å². The Kier molecular flexibility index (Phi) is 14.4. The van der Waals surface area contributed by atoms with Gasteiger partial charge in [0.1, 0.15) is 29.3 Å². The van der Waals surface area contributed by atoms with Gasteiger partial charge in [0.15, 0.2) is 12.4 Å². The lowest BCUT2D eigenvalue weighted by molar-refractivity contribution is -0.0935. The minimum absolute atomic E-state index is 0.0663. The Labute approximate surface area is 329 Å². The molecule has 1 aliphatic rings. The Balaban J connectivity index is 1.64. The molecule has 2 heterocycles. The molecular weight excluding hydrogens is 829 g/mol. The summed E-state index contributed by atoms with van der Waals surface area (Å²) >= 11 is 1.78. The van der Waals surface area contributed by atoms with Crippen molar-refractivity contribution in [3.63, 3.8) is 0 Å². The van der Waals surface area contributed by atoms with E-state index in [0.29, 0.717) is 11.5 Å². The van der Waals surface area contributed by atoms with E-state index < -0.39 is 50.0 Å². The van der Waals surface area contributed by atoms with E-state index in [9.17, 15) is 14.9 Å². The summed E-state index contributed by atoms with van der Waals surface area (Å²) in [6.45, 7) is 7.77. The predicted molar refractivity (Wildman–Crippen MR) is 211 cm³/mol. The second kappa shape index (κ2) is 18.8. The summed E-state index contributed by atoms with van der Waals surface area (Å²) in [4.78, 5) is 27.6. The number of hydrogen-bond acceptors (Lipinski definition) is 10. The van der Waals surface area contributed by atoms with Gasteiger partial charge in [0.2, 0.25) is 0 Å². The van der Waals surface area contributed by atoms with Crippen LogP contribution in [-0.4, -0.2) is 72.1 Å². The van der Waals surface area contributed by atoms with Crippen LogP contribution in [0.25, 0.3) is 0 Å². The summed E-state index contributed by atoms with van der Waals surface area (Å²) in [6.07, 6.45) is -4.40. The van der Waals surface area contributed by atoms with Crippen molar-refractivity contribution < 1.29 is 32.4 Å². The first kappa shape index (κ1) is 41.5. The van der Waals surface area contributed by atoms with Crippen LogP contribution in [0.3, 0.4) is 0 Å². The molecule has 0 bridgehead atoms. The Hall–Kier alpha value is -3.68. The van der Waals surface area contributed by atoms with Gasteiger partial charge in [0, 0.05) is 18.3 Å². The van der Waals surface area contributed by atoms with E-state index in [1.807, 2.05) is 111 Å². The fourth-order valence-electron chi connectivity index (χ4n) is 6.51. The number of alkyl halides is 1. The van der Waals surface area contributed by atoms with Crippen molar-refractivity contribution in [2.45, 2.75) is 76.4 Å². The average molecular weight is 875 g/mol. The lowest BCUT2D eigenvalue weighted by atomic mass is 9.80. The predicted octanol–water partition coefficient (Wildman–Crippen LogP) is 7.06. The summed E-state index contributed by atoms with van der Waals surface area (Å²) in [5.41, 5.74) is -0.406. The Morgan fingerprint density at radius 1 is 0.944 bits per heavy atom. The third kappa shape index (κ3) is 9.05. The molecule has 0 aliphatic carbocycles. The molecule has 3 aromatic carbocycles. The number of H-pyrrole nitrogens is 1. The van der Waals surface area contributed by atoms with Crippen LogP contribution in [0, 0.1) is 14.9 Å². The molecule has 5 atom stereocenters. The number of nitriles is 1. The molecule has 288 valence electrons. The molecule has 0 saturated carbocycles. The van der Waals surface area contributed by atoms with E-state index in [2.05, 4.69) is 11.1 Å². The smallest absolute Gasteiger partial charge is 0.330 e. The van der Waals surface area contributed by atoms with Gasteiger partial charge >= 0.3 is 5.69 Å². The molecule has 0 amide bonds. The summed E-state index contributed by atoms with van der Waals surface area (Å²) in [5, 5.41) is 9.27. The monoisotopic (exact) mass is 874 g/mol. The third-order valence-corrected chi connectivity index (χ3v) is 11.9. The zero-order valence-corrected chi connectivity index (χ0v) is 34.0. The van der Waals surface area contributed by atoms with E-state index in [4.69, 9.17) is 28.0 Å². The standard InChI is InChI=1S/C39H45FIN4O8P/c1-25(2)45(26(3)4)54(51-22-10-21-42)53-35-33(52-37(34(35)40)44-23-32(41)36(46)43-38(44)47)24-50-39(27-11-8-7-9-12-27,28-13-17-30(48-5)18-14-28)29-15-19-31(49-6)20-16-29/h7-9,11-20,23,25-26,33-35,37H,10,22,24H2,1-6H3,(H,43,46,47)/t33-,34-,35-,37-,54?/m1/s1. The minimum atomic E-state index is -1.94. The van der Waals surface area contributed by atoms with Gasteiger partial charge in [-0.1, -0.05) is 54.6 Å².